The Morgan fingerprint density at radius 2 is 2.00 bits per heavy atom. The van der Waals surface area contributed by atoms with Crippen LogP contribution in [-0.2, 0) is 0 Å². The van der Waals surface area contributed by atoms with E-state index in [1.807, 2.05) is 18.2 Å². The molecular weight excluding hydrogens is 196 g/mol. The van der Waals surface area contributed by atoms with Crippen LogP contribution in [0.4, 0.5) is 11.4 Å². The number of benzene rings is 1. The van der Waals surface area contributed by atoms with Gasteiger partial charge in [0.2, 0.25) is 0 Å². The maximum absolute atomic E-state index is 5.75. The second kappa shape index (κ2) is 5.24. The van der Waals surface area contributed by atoms with Crippen LogP contribution in [0.3, 0.4) is 0 Å². The molecule has 1 aliphatic rings. The number of nitrogen functional groups attached to an aromatic ring is 1. The summed E-state index contributed by atoms with van der Waals surface area (Å²) in [6, 6.07) is 8.02. The summed E-state index contributed by atoms with van der Waals surface area (Å²) in [6.07, 6.45) is 5.53. The highest BCUT2D eigenvalue weighted by Gasteiger charge is 2.17. The normalized spacial score (nSPS) is 25.3. The van der Waals surface area contributed by atoms with Crippen LogP contribution in [-0.4, -0.2) is 6.54 Å². The molecule has 0 unspecified atom stereocenters. The summed E-state index contributed by atoms with van der Waals surface area (Å²) in [4.78, 5) is 0. The molecule has 1 aromatic rings. The number of hydrogen-bond acceptors (Lipinski definition) is 2. The van der Waals surface area contributed by atoms with Crippen LogP contribution in [0.1, 0.15) is 32.6 Å². The molecule has 0 atom stereocenters. The first kappa shape index (κ1) is 11.3. The van der Waals surface area contributed by atoms with E-state index in [4.69, 9.17) is 5.73 Å². The van der Waals surface area contributed by atoms with Gasteiger partial charge in [0.25, 0.3) is 0 Å². The van der Waals surface area contributed by atoms with Crippen molar-refractivity contribution in [2.24, 2.45) is 11.8 Å². The zero-order valence-electron chi connectivity index (χ0n) is 10.1. The lowest BCUT2D eigenvalue weighted by Crippen LogP contribution is -2.20. The van der Waals surface area contributed by atoms with Crippen molar-refractivity contribution in [3.63, 3.8) is 0 Å². The van der Waals surface area contributed by atoms with E-state index in [1.54, 1.807) is 0 Å². The highest BCUT2D eigenvalue weighted by molar-refractivity contribution is 5.54. The summed E-state index contributed by atoms with van der Waals surface area (Å²) >= 11 is 0. The molecular formula is C14H22N2. The number of anilines is 2. The van der Waals surface area contributed by atoms with Crippen molar-refractivity contribution < 1.29 is 0 Å². The molecule has 0 saturated heterocycles. The van der Waals surface area contributed by atoms with Crippen LogP contribution < -0.4 is 11.1 Å². The molecule has 0 aliphatic heterocycles. The standard InChI is InChI=1S/C14H22N2/c1-11-5-7-12(8-6-11)10-16-14-4-2-3-13(15)9-14/h2-4,9,11-12,16H,5-8,10,15H2,1H3. The van der Waals surface area contributed by atoms with Gasteiger partial charge < -0.3 is 11.1 Å². The number of nitrogens with two attached hydrogens (primary N) is 1. The fourth-order valence-electron chi connectivity index (χ4n) is 2.44. The SMILES string of the molecule is CC1CCC(CNc2cccc(N)c2)CC1. The van der Waals surface area contributed by atoms with Crippen molar-refractivity contribution in [1.82, 2.24) is 0 Å². The van der Waals surface area contributed by atoms with Crippen molar-refractivity contribution in [3.05, 3.63) is 24.3 Å². The van der Waals surface area contributed by atoms with Crippen molar-refractivity contribution in [2.45, 2.75) is 32.6 Å². The van der Waals surface area contributed by atoms with Gasteiger partial charge in [-0.3, -0.25) is 0 Å². The molecule has 0 spiro atoms. The average Bonchev–Trinajstić information content (AvgIpc) is 2.28. The van der Waals surface area contributed by atoms with E-state index in [0.717, 1.165) is 29.8 Å². The van der Waals surface area contributed by atoms with Gasteiger partial charge in [0.15, 0.2) is 0 Å². The van der Waals surface area contributed by atoms with E-state index < -0.39 is 0 Å². The molecule has 1 fully saturated rings. The molecule has 0 amide bonds. The van der Waals surface area contributed by atoms with E-state index in [2.05, 4.69) is 18.3 Å². The number of nitrogens with one attached hydrogen (secondary N) is 1. The molecule has 2 rings (SSSR count). The summed E-state index contributed by atoms with van der Waals surface area (Å²) < 4.78 is 0. The third kappa shape index (κ3) is 3.16. The van der Waals surface area contributed by atoms with Crippen LogP contribution in [0.25, 0.3) is 0 Å². The third-order valence-corrected chi connectivity index (χ3v) is 3.62. The minimum absolute atomic E-state index is 0.835. The quantitative estimate of drug-likeness (QED) is 0.762. The Morgan fingerprint density at radius 1 is 1.25 bits per heavy atom. The summed E-state index contributed by atoms with van der Waals surface area (Å²) in [5.74, 6) is 1.78. The van der Waals surface area contributed by atoms with Gasteiger partial charge >= 0.3 is 0 Å². The van der Waals surface area contributed by atoms with Crippen molar-refractivity contribution in [2.75, 3.05) is 17.6 Å². The first-order chi connectivity index (χ1) is 7.74. The molecule has 1 saturated carbocycles. The van der Waals surface area contributed by atoms with Gasteiger partial charge in [0.1, 0.15) is 0 Å². The monoisotopic (exact) mass is 218 g/mol. The maximum atomic E-state index is 5.75. The highest BCUT2D eigenvalue weighted by atomic mass is 14.9. The Labute approximate surface area is 98.2 Å². The van der Waals surface area contributed by atoms with Crippen LogP contribution in [0.15, 0.2) is 24.3 Å². The van der Waals surface area contributed by atoms with Crippen LogP contribution >= 0.6 is 0 Å². The van der Waals surface area contributed by atoms with Crippen molar-refractivity contribution >= 4 is 11.4 Å². The van der Waals surface area contributed by atoms with Crippen LogP contribution in [0.2, 0.25) is 0 Å². The maximum Gasteiger partial charge on any atom is 0.0360 e. The minimum Gasteiger partial charge on any atom is -0.399 e. The summed E-state index contributed by atoms with van der Waals surface area (Å²) in [7, 11) is 0. The second-order valence-corrected chi connectivity index (χ2v) is 5.13. The van der Waals surface area contributed by atoms with Gasteiger partial charge in [0.05, 0.1) is 0 Å². The topological polar surface area (TPSA) is 38.0 Å². The zero-order chi connectivity index (χ0) is 11.4. The van der Waals surface area contributed by atoms with E-state index in [-0.39, 0.29) is 0 Å². The lowest BCUT2D eigenvalue weighted by molar-refractivity contribution is 0.300. The van der Waals surface area contributed by atoms with Crippen LogP contribution in [0, 0.1) is 11.8 Å². The molecule has 0 heterocycles. The first-order valence-corrected chi connectivity index (χ1v) is 6.33. The fraction of sp³-hybridized carbons (Fsp3) is 0.571. The highest BCUT2D eigenvalue weighted by Crippen LogP contribution is 2.28. The fourth-order valence-corrected chi connectivity index (χ4v) is 2.44. The summed E-state index contributed by atoms with van der Waals surface area (Å²) in [5.41, 5.74) is 7.73. The molecule has 1 aliphatic carbocycles. The lowest BCUT2D eigenvalue weighted by atomic mass is 9.83. The third-order valence-electron chi connectivity index (χ3n) is 3.62. The van der Waals surface area contributed by atoms with Gasteiger partial charge in [-0.05, 0) is 42.9 Å². The Kier molecular flexibility index (Phi) is 3.70. The molecule has 0 bridgehead atoms. The summed E-state index contributed by atoms with van der Waals surface area (Å²) in [6.45, 7) is 3.46. The molecule has 0 aromatic heterocycles. The Balaban J connectivity index is 1.79. The predicted molar refractivity (Wildman–Crippen MR) is 70.5 cm³/mol. The van der Waals surface area contributed by atoms with E-state index in [0.29, 0.717) is 0 Å². The first-order valence-electron chi connectivity index (χ1n) is 6.33. The lowest BCUT2D eigenvalue weighted by Gasteiger charge is -2.26. The Morgan fingerprint density at radius 3 is 2.69 bits per heavy atom. The molecule has 0 radical (unpaired) electrons. The second-order valence-electron chi connectivity index (χ2n) is 5.13. The van der Waals surface area contributed by atoms with Gasteiger partial charge in [-0.2, -0.15) is 0 Å². The molecule has 88 valence electrons. The smallest absolute Gasteiger partial charge is 0.0360 e. The van der Waals surface area contributed by atoms with Gasteiger partial charge in [0, 0.05) is 17.9 Å². The van der Waals surface area contributed by atoms with E-state index in [1.165, 1.54) is 25.7 Å². The molecule has 16 heavy (non-hydrogen) atoms. The molecule has 2 nitrogen and oxygen atoms in total. The minimum atomic E-state index is 0.835. The molecule has 1 aromatic carbocycles. The predicted octanol–water partition coefficient (Wildman–Crippen LogP) is 3.51. The van der Waals surface area contributed by atoms with E-state index >= 15 is 0 Å². The van der Waals surface area contributed by atoms with Crippen molar-refractivity contribution in [1.29, 1.82) is 0 Å². The molecule has 3 N–H and O–H groups in total. The average molecular weight is 218 g/mol. The summed E-state index contributed by atoms with van der Waals surface area (Å²) in [5, 5.41) is 3.49. The molecule has 2 heteroatoms. The number of rotatable bonds is 3. The van der Waals surface area contributed by atoms with Crippen molar-refractivity contribution in [3.8, 4) is 0 Å². The largest absolute Gasteiger partial charge is 0.399 e. The van der Waals surface area contributed by atoms with Gasteiger partial charge in [-0.15, -0.1) is 0 Å². The van der Waals surface area contributed by atoms with Gasteiger partial charge in [-0.25, -0.2) is 0 Å². The zero-order valence-corrected chi connectivity index (χ0v) is 10.1. The number of hydrogen-bond donors (Lipinski definition) is 2. The van der Waals surface area contributed by atoms with E-state index in [9.17, 15) is 0 Å². The van der Waals surface area contributed by atoms with Crippen LogP contribution in [0.5, 0.6) is 0 Å². The Hall–Kier alpha value is -1.18. The van der Waals surface area contributed by atoms with Gasteiger partial charge in [-0.1, -0.05) is 25.8 Å². The Bertz CT molecular complexity index is 327.